The monoisotopic (exact) mass is 319 g/mol. The maximum absolute atomic E-state index is 12.2. The first-order chi connectivity index (χ1) is 10.0. The predicted octanol–water partition coefficient (Wildman–Crippen LogP) is 4.55. The van der Waals surface area contributed by atoms with E-state index in [0.29, 0.717) is 0 Å². The molecular weight excluding hydrogens is 299 g/mol. The molecule has 0 unspecified atom stereocenters. The van der Waals surface area contributed by atoms with Gasteiger partial charge in [0, 0.05) is 4.90 Å². The molecule has 1 fully saturated rings. The molecule has 1 aliphatic rings. The molecule has 0 N–H and O–H groups in total. The third-order valence-electron chi connectivity index (χ3n) is 3.38. The van der Waals surface area contributed by atoms with Crippen molar-refractivity contribution in [2.45, 2.75) is 36.9 Å². The largest absolute Gasteiger partial charge is 0.573 e. The van der Waals surface area contributed by atoms with E-state index in [1.54, 1.807) is 17.8 Å². The number of alkyl halides is 3. The van der Waals surface area contributed by atoms with Gasteiger partial charge in [-0.25, -0.2) is 0 Å². The van der Waals surface area contributed by atoms with Gasteiger partial charge in [0.25, 0.3) is 0 Å². The number of rotatable bonds is 6. The maximum Gasteiger partial charge on any atom is 0.573 e. The summed E-state index contributed by atoms with van der Waals surface area (Å²) < 4.78 is 40.4. The van der Waals surface area contributed by atoms with Crippen LogP contribution in [0.4, 0.5) is 13.2 Å². The van der Waals surface area contributed by atoms with Crippen molar-refractivity contribution in [1.29, 1.82) is 0 Å². The van der Waals surface area contributed by atoms with Gasteiger partial charge >= 0.3 is 6.36 Å². The lowest BCUT2D eigenvalue weighted by molar-refractivity contribution is -0.274. The standard InChI is InChI=1S/C15H20F3NOS/c16-15(17,18)20-13-6-4-7-14(12-13)21-11-5-10-19-8-2-1-3-9-19/h4,6-7,12H,1-3,5,8-11H2. The fraction of sp³-hybridized carbons (Fsp3) is 0.600. The van der Waals surface area contributed by atoms with Crippen molar-refractivity contribution in [3.05, 3.63) is 24.3 Å². The van der Waals surface area contributed by atoms with Gasteiger partial charge < -0.3 is 9.64 Å². The Labute approximate surface area is 127 Å². The molecule has 1 aliphatic heterocycles. The zero-order valence-electron chi connectivity index (χ0n) is 11.9. The Kier molecular flexibility index (Phi) is 6.23. The Morgan fingerprint density at radius 3 is 2.62 bits per heavy atom. The summed E-state index contributed by atoms with van der Waals surface area (Å²) in [5.41, 5.74) is 0. The molecule has 1 aromatic carbocycles. The van der Waals surface area contributed by atoms with Gasteiger partial charge in [-0.2, -0.15) is 0 Å². The number of ether oxygens (including phenoxy) is 1. The third-order valence-corrected chi connectivity index (χ3v) is 4.46. The number of nitrogens with zero attached hydrogens (tertiary/aromatic N) is 1. The fourth-order valence-corrected chi connectivity index (χ4v) is 3.31. The van der Waals surface area contributed by atoms with Gasteiger partial charge in [0.05, 0.1) is 0 Å². The second-order valence-corrected chi connectivity index (χ2v) is 6.30. The molecule has 0 aromatic heterocycles. The molecule has 21 heavy (non-hydrogen) atoms. The highest BCUT2D eigenvalue weighted by Crippen LogP contribution is 2.27. The summed E-state index contributed by atoms with van der Waals surface area (Å²) in [6.07, 6.45) is 0.317. The number of hydrogen-bond donors (Lipinski definition) is 0. The van der Waals surface area contributed by atoms with Crippen LogP contribution in [0.3, 0.4) is 0 Å². The van der Waals surface area contributed by atoms with Crippen molar-refractivity contribution < 1.29 is 17.9 Å². The molecule has 0 aliphatic carbocycles. The fourth-order valence-electron chi connectivity index (χ4n) is 2.42. The normalized spacial score (nSPS) is 16.9. The summed E-state index contributed by atoms with van der Waals surface area (Å²) in [7, 11) is 0. The van der Waals surface area contributed by atoms with Crippen molar-refractivity contribution in [3.63, 3.8) is 0 Å². The van der Waals surface area contributed by atoms with E-state index in [1.807, 2.05) is 6.07 Å². The van der Waals surface area contributed by atoms with E-state index in [2.05, 4.69) is 9.64 Å². The first kappa shape index (κ1) is 16.5. The number of thioether (sulfide) groups is 1. The van der Waals surface area contributed by atoms with E-state index in [1.165, 1.54) is 44.5 Å². The van der Waals surface area contributed by atoms with E-state index < -0.39 is 6.36 Å². The summed E-state index contributed by atoms with van der Waals surface area (Å²) >= 11 is 1.58. The maximum atomic E-state index is 12.2. The van der Waals surface area contributed by atoms with Gasteiger partial charge in [0.2, 0.25) is 0 Å². The number of benzene rings is 1. The highest BCUT2D eigenvalue weighted by molar-refractivity contribution is 7.99. The van der Waals surface area contributed by atoms with Crippen molar-refractivity contribution in [2.75, 3.05) is 25.4 Å². The zero-order valence-corrected chi connectivity index (χ0v) is 12.7. The van der Waals surface area contributed by atoms with Crippen LogP contribution < -0.4 is 4.74 Å². The molecule has 0 spiro atoms. The zero-order chi connectivity index (χ0) is 15.1. The van der Waals surface area contributed by atoms with Crippen LogP contribution in [0.5, 0.6) is 5.75 Å². The van der Waals surface area contributed by atoms with E-state index in [4.69, 9.17) is 0 Å². The minimum Gasteiger partial charge on any atom is -0.406 e. The Balaban J connectivity index is 1.71. The van der Waals surface area contributed by atoms with E-state index >= 15 is 0 Å². The third kappa shape index (κ3) is 6.61. The van der Waals surface area contributed by atoms with Crippen LogP contribution in [0.25, 0.3) is 0 Å². The van der Waals surface area contributed by atoms with Crippen LogP contribution in [0.15, 0.2) is 29.2 Å². The smallest absolute Gasteiger partial charge is 0.406 e. The summed E-state index contributed by atoms with van der Waals surface area (Å²) in [4.78, 5) is 3.28. The molecule has 0 radical (unpaired) electrons. The van der Waals surface area contributed by atoms with Gasteiger partial charge in [0.15, 0.2) is 0 Å². The molecule has 0 saturated carbocycles. The summed E-state index contributed by atoms with van der Waals surface area (Å²) in [6, 6.07) is 6.17. The molecule has 1 heterocycles. The first-order valence-corrected chi connectivity index (χ1v) is 8.22. The van der Waals surface area contributed by atoms with Gasteiger partial charge in [-0.05, 0) is 62.8 Å². The van der Waals surface area contributed by atoms with Crippen LogP contribution in [0, 0.1) is 0 Å². The number of hydrogen-bond acceptors (Lipinski definition) is 3. The van der Waals surface area contributed by atoms with Crippen molar-refractivity contribution in [2.24, 2.45) is 0 Å². The Morgan fingerprint density at radius 2 is 1.90 bits per heavy atom. The van der Waals surface area contributed by atoms with Crippen molar-refractivity contribution in [1.82, 2.24) is 4.90 Å². The van der Waals surface area contributed by atoms with Crippen molar-refractivity contribution in [3.8, 4) is 5.75 Å². The van der Waals surface area contributed by atoms with Crippen LogP contribution in [0.1, 0.15) is 25.7 Å². The average Bonchev–Trinajstić information content (AvgIpc) is 2.43. The highest BCUT2D eigenvalue weighted by Gasteiger charge is 2.31. The summed E-state index contributed by atoms with van der Waals surface area (Å²) in [5.74, 6) is 0.759. The molecule has 118 valence electrons. The molecule has 1 saturated heterocycles. The lowest BCUT2D eigenvalue weighted by atomic mass is 10.1. The molecule has 0 atom stereocenters. The summed E-state index contributed by atoms with van der Waals surface area (Å²) in [5, 5.41) is 0. The highest BCUT2D eigenvalue weighted by atomic mass is 32.2. The van der Waals surface area contributed by atoms with Gasteiger partial charge in [-0.1, -0.05) is 12.5 Å². The van der Waals surface area contributed by atoms with Gasteiger partial charge in [-0.3, -0.25) is 0 Å². The number of piperidine rings is 1. The Hall–Kier alpha value is -0.880. The molecule has 0 amide bonds. The van der Waals surface area contributed by atoms with Gasteiger partial charge in [0.1, 0.15) is 5.75 Å². The SMILES string of the molecule is FC(F)(F)Oc1cccc(SCCCN2CCCCC2)c1. The second kappa shape index (κ2) is 7.94. The van der Waals surface area contributed by atoms with E-state index in [9.17, 15) is 13.2 Å². The quantitative estimate of drug-likeness (QED) is 0.564. The van der Waals surface area contributed by atoms with Crippen LogP contribution in [-0.4, -0.2) is 36.6 Å². The molecule has 6 heteroatoms. The molecule has 1 aromatic rings. The minimum absolute atomic E-state index is 0.150. The lowest BCUT2D eigenvalue weighted by Gasteiger charge is -2.26. The Bertz CT molecular complexity index is 433. The van der Waals surface area contributed by atoms with Gasteiger partial charge in [-0.15, -0.1) is 24.9 Å². The topological polar surface area (TPSA) is 12.5 Å². The minimum atomic E-state index is -4.63. The molecular formula is C15H20F3NOS. The average molecular weight is 319 g/mol. The number of halogens is 3. The van der Waals surface area contributed by atoms with Crippen LogP contribution in [0.2, 0.25) is 0 Å². The Morgan fingerprint density at radius 1 is 1.14 bits per heavy atom. The van der Waals surface area contributed by atoms with Crippen molar-refractivity contribution >= 4 is 11.8 Å². The van der Waals surface area contributed by atoms with E-state index in [0.717, 1.165) is 23.6 Å². The molecule has 2 rings (SSSR count). The molecule has 0 bridgehead atoms. The second-order valence-electron chi connectivity index (χ2n) is 5.13. The number of likely N-dealkylation sites (tertiary alicyclic amines) is 1. The van der Waals surface area contributed by atoms with Crippen LogP contribution >= 0.6 is 11.8 Å². The van der Waals surface area contributed by atoms with E-state index in [-0.39, 0.29) is 5.75 Å². The first-order valence-electron chi connectivity index (χ1n) is 7.24. The predicted molar refractivity (Wildman–Crippen MR) is 78.8 cm³/mol. The summed E-state index contributed by atoms with van der Waals surface area (Å²) in [6.45, 7) is 3.44. The molecule has 2 nitrogen and oxygen atoms in total. The lowest BCUT2D eigenvalue weighted by Crippen LogP contribution is -2.30. The van der Waals surface area contributed by atoms with Crippen LogP contribution in [-0.2, 0) is 0 Å².